The van der Waals surface area contributed by atoms with Gasteiger partial charge in [-0.3, -0.25) is 4.79 Å². The van der Waals surface area contributed by atoms with Crippen molar-refractivity contribution in [2.24, 2.45) is 11.7 Å². The zero-order valence-electron chi connectivity index (χ0n) is 4.68. The van der Waals surface area contributed by atoms with Crippen LogP contribution in [-0.2, 0) is 4.79 Å². The van der Waals surface area contributed by atoms with Crippen LogP contribution in [-0.4, -0.2) is 18.3 Å². The fourth-order valence-corrected chi connectivity index (χ4v) is 0.832. The van der Waals surface area contributed by atoms with Crippen LogP contribution in [0.3, 0.4) is 0 Å². The third-order valence-electron chi connectivity index (χ3n) is 1.57. The summed E-state index contributed by atoms with van der Waals surface area (Å²) in [4.78, 5) is 10.2. The Kier molecular flexibility index (Phi) is 1.38. The standard InChI is InChI=1S/C5H7F2NO/c6-3-1-2(4(3)7)5(8)9/h2-4H,1H2,(H2,8,9). The first kappa shape index (κ1) is 6.45. The Morgan fingerprint density at radius 2 is 2.11 bits per heavy atom. The molecular formula is C5H7F2NO. The second-order valence-corrected chi connectivity index (χ2v) is 2.20. The summed E-state index contributed by atoms with van der Waals surface area (Å²) >= 11 is 0. The van der Waals surface area contributed by atoms with Crippen LogP contribution in [0.5, 0.6) is 0 Å². The number of alkyl halides is 2. The van der Waals surface area contributed by atoms with Crippen molar-refractivity contribution in [3.05, 3.63) is 0 Å². The Morgan fingerprint density at radius 1 is 1.56 bits per heavy atom. The van der Waals surface area contributed by atoms with Gasteiger partial charge in [0.15, 0.2) is 0 Å². The quantitative estimate of drug-likeness (QED) is 0.547. The Labute approximate surface area is 51.0 Å². The summed E-state index contributed by atoms with van der Waals surface area (Å²) in [5, 5.41) is 0. The molecule has 0 heterocycles. The average molecular weight is 135 g/mol. The monoisotopic (exact) mass is 135 g/mol. The Hall–Kier alpha value is -0.670. The maximum absolute atomic E-state index is 12.2. The van der Waals surface area contributed by atoms with E-state index in [1.165, 1.54) is 0 Å². The van der Waals surface area contributed by atoms with Gasteiger partial charge in [0.1, 0.15) is 12.3 Å². The maximum atomic E-state index is 12.2. The molecule has 0 aromatic carbocycles. The van der Waals surface area contributed by atoms with E-state index in [2.05, 4.69) is 0 Å². The van der Waals surface area contributed by atoms with E-state index in [-0.39, 0.29) is 6.42 Å². The third-order valence-corrected chi connectivity index (χ3v) is 1.57. The summed E-state index contributed by atoms with van der Waals surface area (Å²) in [5.41, 5.74) is 4.70. The van der Waals surface area contributed by atoms with Gasteiger partial charge in [0, 0.05) is 0 Å². The van der Waals surface area contributed by atoms with E-state index in [4.69, 9.17) is 5.73 Å². The summed E-state index contributed by atoms with van der Waals surface area (Å²) in [6.07, 6.45) is -3.17. The molecule has 0 aromatic rings. The molecular weight excluding hydrogens is 128 g/mol. The van der Waals surface area contributed by atoms with E-state index in [0.29, 0.717) is 0 Å². The summed E-state index contributed by atoms with van der Waals surface area (Å²) in [7, 11) is 0. The molecule has 0 bridgehead atoms. The lowest BCUT2D eigenvalue weighted by Gasteiger charge is -2.31. The number of halogens is 2. The van der Waals surface area contributed by atoms with Gasteiger partial charge in [-0.2, -0.15) is 0 Å². The molecule has 0 aromatic heterocycles. The Bertz CT molecular complexity index is 139. The highest BCUT2D eigenvalue weighted by atomic mass is 19.2. The molecule has 4 heteroatoms. The summed E-state index contributed by atoms with van der Waals surface area (Å²) in [6, 6.07) is 0. The highest BCUT2D eigenvalue weighted by molar-refractivity contribution is 5.78. The predicted octanol–water partition coefficient (Wildman–Crippen LogP) is 0.168. The molecule has 3 atom stereocenters. The van der Waals surface area contributed by atoms with E-state index in [1.54, 1.807) is 0 Å². The number of hydrogen-bond donors (Lipinski definition) is 1. The molecule has 1 aliphatic carbocycles. The van der Waals surface area contributed by atoms with Crippen molar-refractivity contribution >= 4 is 5.91 Å². The third kappa shape index (κ3) is 0.886. The fraction of sp³-hybridized carbons (Fsp3) is 0.800. The Balaban J connectivity index is 2.42. The molecule has 1 aliphatic rings. The van der Waals surface area contributed by atoms with Crippen molar-refractivity contribution in [3.8, 4) is 0 Å². The minimum atomic E-state index is -1.65. The predicted molar refractivity (Wildman–Crippen MR) is 27.1 cm³/mol. The minimum Gasteiger partial charge on any atom is -0.369 e. The zero-order valence-corrected chi connectivity index (χ0v) is 4.68. The normalized spacial score (nSPS) is 41.8. The summed E-state index contributed by atoms with van der Waals surface area (Å²) in [6.45, 7) is 0. The van der Waals surface area contributed by atoms with Crippen LogP contribution in [0.25, 0.3) is 0 Å². The van der Waals surface area contributed by atoms with Crippen LogP contribution in [0.1, 0.15) is 6.42 Å². The molecule has 1 rings (SSSR count). The van der Waals surface area contributed by atoms with Gasteiger partial charge in [-0.25, -0.2) is 8.78 Å². The molecule has 0 saturated heterocycles. The van der Waals surface area contributed by atoms with Gasteiger partial charge < -0.3 is 5.73 Å². The number of nitrogens with two attached hydrogens (primary N) is 1. The molecule has 0 spiro atoms. The van der Waals surface area contributed by atoms with Crippen LogP contribution in [0.2, 0.25) is 0 Å². The first-order chi connectivity index (χ1) is 4.13. The minimum absolute atomic E-state index is 0.0451. The van der Waals surface area contributed by atoms with Crippen molar-refractivity contribution in [2.75, 3.05) is 0 Å². The molecule has 9 heavy (non-hydrogen) atoms. The van der Waals surface area contributed by atoms with E-state index in [1.807, 2.05) is 0 Å². The van der Waals surface area contributed by atoms with Crippen molar-refractivity contribution in [1.82, 2.24) is 0 Å². The molecule has 52 valence electrons. The number of carbonyl (C=O) groups excluding carboxylic acids is 1. The summed E-state index contributed by atoms with van der Waals surface area (Å²) < 4.78 is 24.1. The van der Waals surface area contributed by atoms with E-state index in [0.717, 1.165) is 0 Å². The average Bonchev–Trinajstić information content (AvgIpc) is 1.81. The second-order valence-electron chi connectivity index (χ2n) is 2.20. The molecule has 1 fully saturated rings. The number of primary amides is 1. The van der Waals surface area contributed by atoms with E-state index >= 15 is 0 Å². The van der Waals surface area contributed by atoms with Crippen molar-refractivity contribution in [2.45, 2.75) is 18.8 Å². The van der Waals surface area contributed by atoms with Gasteiger partial charge in [0.2, 0.25) is 5.91 Å². The van der Waals surface area contributed by atoms with Gasteiger partial charge in [-0.1, -0.05) is 0 Å². The lowest BCUT2D eigenvalue weighted by Crippen LogP contribution is -2.47. The topological polar surface area (TPSA) is 43.1 Å². The summed E-state index contributed by atoms with van der Waals surface area (Å²) in [5.74, 6) is -1.61. The van der Waals surface area contributed by atoms with Gasteiger partial charge in [-0.05, 0) is 6.42 Å². The number of rotatable bonds is 1. The second kappa shape index (κ2) is 1.93. The first-order valence-electron chi connectivity index (χ1n) is 2.70. The largest absolute Gasteiger partial charge is 0.369 e. The van der Waals surface area contributed by atoms with Gasteiger partial charge in [0.25, 0.3) is 0 Å². The maximum Gasteiger partial charge on any atom is 0.223 e. The number of carbonyl (C=O) groups is 1. The molecule has 3 unspecified atom stereocenters. The molecule has 1 saturated carbocycles. The molecule has 0 aliphatic heterocycles. The fourth-order valence-electron chi connectivity index (χ4n) is 0.832. The molecule has 1 amide bonds. The molecule has 2 nitrogen and oxygen atoms in total. The van der Waals surface area contributed by atoms with Crippen LogP contribution in [0, 0.1) is 5.92 Å². The van der Waals surface area contributed by atoms with Gasteiger partial charge >= 0.3 is 0 Å². The van der Waals surface area contributed by atoms with Crippen molar-refractivity contribution < 1.29 is 13.6 Å². The lowest BCUT2D eigenvalue weighted by molar-refractivity contribution is -0.132. The highest BCUT2D eigenvalue weighted by Crippen LogP contribution is 2.32. The Morgan fingerprint density at radius 3 is 2.22 bits per heavy atom. The van der Waals surface area contributed by atoms with Crippen molar-refractivity contribution in [1.29, 1.82) is 0 Å². The van der Waals surface area contributed by atoms with Crippen LogP contribution >= 0.6 is 0 Å². The van der Waals surface area contributed by atoms with Crippen LogP contribution in [0.4, 0.5) is 8.78 Å². The van der Waals surface area contributed by atoms with Crippen LogP contribution in [0.15, 0.2) is 0 Å². The number of hydrogen-bond acceptors (Lipinski definition) is 1. The lowest BCUT2D eigenvalue weighted by atomic mass is 9.81. The zero-order chi connectivity index (χ0) is 7.02. The van der Waals surface area contributed by atoms with E-state index in [9.17, 15) is 13.6 Å². The number of amides is 1. The molecule has 2 N–H and O–H groups in total. The first-order valence-corrected chi connectivity index (χ1v) is 2.70. The SMILES string of the molecule is NC(=O)C1CC(F)C1F. The van der Waals surface area contributed by atoms with Gasteiger partial charge in [0.05, 0.1) is 5.92 Å². The van der Waals surface area contributed by atoms with Crippen LogP contribution < -0.4 is 5.73 Å². The smallest absolute Gasteiger partial charge is 0.223 e. The molecule has 0 radical (unpaired) electrons. The highest BCUT2D eigenvalue weighted by Gasteiger charge is 2.45. The van der Waals surface area contributed by atoms with Gasteiger partial charge in [-0.15, -0.1) is 0 Å². The van der Waals surface area contributed by atoms with E-state index < -0.39 is 24.2 Å². The van der Waals surface area contributed by atoms with Crippen molar-refractivity contribution in [3.63, 3.8) is 0 Å².